The van der Waals surface area contributed by atoms with E-state index in [0.717, 1.165) is 11.1 Å². The molecule has 0 atom stereocenters. The zero-order chi connectivity index (χ0) is 25.2. The van der Waals surface area contributed by atoms with Gasteiger partial charge in [-0.15, -0.1) is 5.10 Å². The number of aromatic nitrogens is 4. The highest BCUT2D eigenvalue weighted by atomic mass is 16.3. The van der Waals surface area contributed by atoms with E-state index < -0.39 is 0 Å². The summed E-state index contributed by atoms with van der Waals surface area (Å²) < 4.78 is 0. The van der Waals surface area contributed by atoms with Gasteiger partial charge in [0.1, 0.15) is 5.75 Å². The standard InChI is InChI=1S/C26H24N8O2/c1-4-21-24(26(36)34(31-21)17-13-12-15(2)16(3)14-17)28-27-23-19(18-8-5-6-11-22(18)35)9-7-10-20(23)25-29-32-33-30-25/h5-14,27,35H,4H2,1-3H3,(H,29,30,32,33). The van der Waals surface area contributed by atoms with Gasteiger partial charge in [0.15, 0.2) is 11.5 Å². The number of aryl methyl sites for hydroxylation is 2. The van der Waals surface area contributed by atoms with Crippen molar-refractivity contribution in [2.24, 2.45) is 10.2 Å². The van der Waals surface area contributed by atoms with Gasteiger partial charge in [0.05, 0.1) is 17.1 Å². The molecular formula is C26H24N8O2. The number of nitrogens with one attached hydrogen (secondary N) is 2. The summed E-state index contributed by atoms with van der Waals surface area (Å²) >= 11 is 0. The summed E-state index contributed by atoms with van der Waals surface area (Å²) in [5.74, 6) is 0.189. The molecule has 1 aliphatic rings. The van der Waals surface area contributed by atoms with Crippen LogP contribution in [0.2, 0.25) is 0 Å². The molecule has 0 aliphatic carbocycles. The van der Waals surface area contributed by atoms with Crippen LogP contribution in [0.25, 0.3) is 22.5 Å². The number of aromatic amines is 1. The Morgan fingerprint density at radius 3 is 2.50 bits per heavy atom. The number of aromatic hydroxyl groups is 1. The van der Waals surface area contributed by atoms with E-state index in [9.17, 15) is 9.90 Å². The Balaban J connectivity index is 1.57. The molecule has 0 saturated heterocycles. The summed E-state index contributed by atoms with van der Waals surface area (Å²) in [5, 5.41) is 35.1. The fourth-order valence-corrected chi connectivity index (χ4v) is 4.00. The van der Waals surface area contributed by atoms with Gasteiger partial charge in [0.2, 0.25) is 0 Å². The fraction of sp³-hybridized carbons (Fsp3) is 0.154. The van der Waals surface area contributed by atoms with E-state index in [1.165, 1.54) is 5.01 Å². The molecule has 3 aromatic carbocycles. The second kappa shape index (κ2) is 9.41. The van der Waals surface area contributed by atoms with Gasteiger partial charge in [-0.2, -0.15) is 15.2 Å². The van der Waals surface area contributed by atoms with Crippen LogP contribution in [-0.4, -0.2) is 43.1 Å². The minimum Gasteiger partial charge on any atom is -0.507 e. The van der Waals surface area contributed by atoms with Crippen molar-refractivity contribution in [2.75, 3.05) is 10.4 Å². The predicted octanol–water partition coefficient (Wildman–Crippen LogP) is 4.44. The van der Waals surface area contributed by atoms with Crippen LogP contribution < -0.4 is 10.4 Å². The number of amides is 1. The third-order valence-corrected chi connectivity index (χ3v) is 6.10. The van der Waals surface area contributed by atoms with Crippen molar-refractivity contribution in [2.45, 2.75) is 27.2 Å². The van der Waals surface area contributed by atoms with E-state index >= 15 is 0 Å². The molecule has 10 heteroatoms. The van der Waals surface area contributed by atoms with Gasteiger partial charge in [-0.25, -0.2) is 5.10 Å². The van der Waals surface area contributed by atoms with E-state index in [2.05, 4.69) is 36.3 Å². The van der Waals surface area contributed by atoms with Crippen LogP contribution in [0.5, 0.6) is 5.75 Å². The zero-order valence-electron chi connectivity index (χ0n) is 20.0. The molecule has 1 amide bonds. The fourth-order valence-electron chi connectivity index (χ4n) is 4.00. The molecule has 3 N–H and O–H groups in total. The second-order valence-corrected chi connectivity index (χ2v) is 8.35. The summed E-state index contributed by atoms with van der Waals surface area (Å²) in [7, 11) is 0. The lowest BCUT2D eigenvalue weighted by Crippen LogP contribution is -2.28. The Labute approximate surface area is 207 Å². The van der Waals surface area contributed by atoms with Crippen LogP contribution in [0.3, 0.4) is 0 Å². The largest absolute Gasteiger partial charge is 0.507 e. The molecule has 0 spiro atoms. The smallest absolute Gasteiger partial charge is 0.301 e. The Morgan fingerprint density at radius 1 is 1.00 bits per heavy atom. The summed E-state index contributed by atoms with van der Waals surface area (Å²) in [6.07, 6.45) is 0.521. The lowest BCUT2D eigenvalue weighted by Gasteiger charge is -2.15. The Hall–Kier alpha value is -4.86. The quantitative estimate of drug-likeness (QED) is 0.350. The third kappa shape index (κ3) is 4.09. The molecule has 0 radical (unpaired) electrons. The van der Waals surface area contributed by atoms with Crippen LogP contribution in [0, 0.1) is 13.8 Å². The molecule has 180 valence electrons. The van der Waals surface area contributed by atoms with Crippen LogP contribution in [0.1, 0.15) is 24.5 Å². The highest BCUT2D eigenvalue weighted by molar-refractivity contribution is 6.71. The number of anilines is 2. The SMILES string of the molecule is CCC1=NN(c2ccc(C)c(C)c2)C(=O)C1=NNc1c(-c2nnn[nH]2)cccc1-c1ccccc1O. The van der Waals surface area contributed by atoms with Gasteiger partial charge in [-0.05, 0) is 66.1 Å². The number of hydrogen-bond acceptors (Lipinski definition) is 8. The maximum Gasteiger partial charge on any atom is 0.301 e. The molecule has 0 bridgehead atoms. The summed E-state index contributed by atoms with van der Waals surface area (Å²) in [6.45, 7) is 5.94. The maximum absolute atomic E-state index is 13.4. The number of phenols is 1. The Bertz CT molecular complexity index is 1510. The van der Waals surface area contributed by atoms with Crippen LogP contribution in [0.4, 0.5) is 11.4 Å². The lowest BCUT2D eigenvalue weighted by molar-refractivity contribution is -0.112. The van der Waals surface area contributed by atoms with Crippen LogP contribution in [-0.2, 0) is 4.79 Å². The highest BCUT2D eigenvalue weighted by Gasteiger charge is 2.32. The van der Waals surface area contributed by atoms with Crippen LogP contribution >= 0.6 is 0 Å². The summed E-state index contributed by atoms with van der Waals surface area (Å²) in [4.78, 5) is 13.4. The molecule has 1 aliphatic heterocycles. The van der Waals surface area contributed by atoms with Gasteiger partial charge in [0.25, 0.3) is 0 Å². The van der Waals surface area contributed by atoms with Crippen molar-refractivity contribution in [3.05, 3.63) is 71.8 Å². The van der Waals surface area contributed by atoms with E-state index in [4.69, 9.17) is 0 Å². The van der Waals surface area contributed by atoms with Gasteiger partial charge >= 0.3 is 5.91 Å². The molecule has 4 aromatic rings. The molecule has 2 heterocycles. The van der Waals surface area contributed by atoms with Gasteiger partial charge < -0.3 is 5.11 Å². The average molecular weight is 481 g/mol. The number of rotatable bonds is 6. The first-order valence-electron chi connectivity index (χ1n) is 11.5. The number of hydrogen-bond donors (Lipinski definition) is 3. The van der Waals surface area contributed by atoms with Crippen molar-refractivity contribution in [1.82, 2.24) is 20.6 Å². The maximum atomic E-state index is 13.4. The third-order valence-electron chi connectivity index (χ3n) is 6.10. The lowest BCUT2D eigenvalue weighted by atomic mass is 9.99. The molecule has 0 fully saturated rings. The van der Waals surface area contributed by atoms with Gasteiger partial charge in [-0.1, -0.05) is 43.3 Å². The predicted molar refractivity (Wildman–Crippen MR) is 139 cm³/mol. The highest BCUT2D eigenvalue weighted by Crippen LogP contribution is 2.39. The second-order valence-electron chi connectivity index (χ2n) is 8.35. The number of tetrazole rings is 1. The topological polar surface area (TPSA) is 132 Å². The first kappa shape index (κ1) is 22.9. The first-order chi connectivity index (χ1) is 17.5. The zero-order valence-corrected chi connectivity index (χ0v) is 20.0. The van der Waals surface area contributed by atoms with Crippen molar-refractivity contribution in [3.8, 4) is 28.3 Å². The number of carbonyl (C=O) groups excluding carboxylic acids is 1. The Kier molecular flexibility index (Phi) is 5.99. The number of para-hydroxylation sites is 2. The van der Waals surface area contributed by atoms with E-state index in [1.54, 1.807) is 18.2 Å². The van der Waals surface area contributed by atoms with E-state index in [-0.39, 0.29) is 17.4 Å². The number of phenolic OH excluding ortho intramolecular Hbond substituents is 1. The Morgan fingerprint density at radius 2 is 1.78 bits per heavy atom. The molecule has 5 rings (SSSR count). The van der Waals surface area contributed by atoms with E-state index in [1.807, 2.05) is 63.2 Å². The monoisotopic (exact) mass is 480 g/mol. The van der Waals surface area contributed by atoms with Crippen LogP contribution in [0.15, 0.2) is 70.9 Å². The molecule has 0 unspecified atom stereocenters. The van der Waals surface area contributed by atoms with Gasteiger partial charge in [0, 0.05) is 16.7 Å². The van der Waals surface area contributed by atoms with E-state index in [0.29, 0.717) is 46.0 Å². The number of carbonyl (C=O) groups is 1. The summed E-state index contributed by atoms with van der Waals surface area (Å²) in [5.41, 5.74) is 9.12. The van der Waals surface area contributed by atoms with Crippen molar-refractivity contribution < 1.29 is 9.90 Å². The number of H-pyrrole nitrogens is 1. The summed E-state index contributed by atoms with van der Waals surface area (Å²) in [6, 6.07) is 18.3. The number of hydrazone groups is 2. The first-order valence-corrected chi connectivity index (χ1v) is 11.5. The van der Waals surface area contributed by atoms with Crippen molar-refractivity contribution in [3.63, 3.8) is 0 Å². The molecule has 1 aromatic heterocycles. The number of nitrogens with zero attached hydrogens (tertiary/aromatic N) is 6. The molecule has 10 nitrogen and oxygen atoms in total. The molecule has 0 saturated carbocycles. The van der Waals surface area contributed by atoms with Gasteiger partial charge in [-0.3, -0.25) is 10.2 Å². The minimum absolute atomic E-state index is 0.106. The van der Waals surface area contributed by atoms with Crippen molar-refractivity contribution >= 4 is 28.7 Å². The molecule has 36 heavy (non-hydrogen) atoms. The number of benzene rings is 3. The molecular weight excluding hydrogens is 456 g/mol. The minimum atomic E-state index is -0.328. The average Bonchev–Trinajstić information content (AvgIpc) is 3.53. The van der Waals surface area contributed by atoms with Crippen molar-refractivity contribution in [1.29, 1.82) is 0 Å². The normalized spacial score (nSPS) is 14.4.